The van der Waals surface area contributed by atoms with Crippen molar-refractivity contribution in [2.24, 2.45) is 5.92 Å². The Hall–Kier alpha value is -0.913. The van der Waals surface area contributed by atoms with Gasteiger partial charge < -0.3 is 4.43 Å². The summed E-state index contributed by atoms with van der Waals surface area (Å²) in [6.45, 7) is 11.5. The summed E-state index contributed by atoms with van der Waals surface area (Å²) < 4.78 is 20.1. The van der Waals surface area contributed by atoms with Crippen LogP contribution in [-0.4, -0.2) is 19.6 Å². The van der Waals surface area contributed by atoms with Gasteiger partial charge in [0.15, 0.2) is 8.32 Å². The summed E-state index contributed by atoms with van der Waals surface area (Å²) in [6, 6.07) is 4.48. The monoisotopic (exact) mass is 367 g/mol. The second kappa shape index (κ2) is 8.19. The number of nitrogens with one attached hydrogen (secondary N) is 1. The molecule has 1 aliphatic rings. The smallest absolute Gasteiger partial charge is 0.192 e. The molecule has 0 heterocycles. The fraction of sp³-hybridized carbons (Fsp3) is 0.700. The lowest BCUT2D eigenvalue weighted by Crippen LogP contribution is -2.45. The maximum Gasteiger partial charge on any atom is 0.192 e. The lowest BCUT2D eigenvalue weighted by molar-refractivity contribution is 0.106. The van der Waals surface area contributed by atoms with Gasteiger partial charge in [-0.05, 0) is 73.5 Å². The topological polar surface area (TPSA) is 41.5 Å². The average Bonchev–Trinajstić information content (AvgIpc) is 2.52. The Balaban J connectivity index is 1.93. The maximum atomic E-state index is 13.5. The summed E-state index contributed by atoms with van der Waals surface area (Å²) in [4.78, 5) is 0. The maximum absolute atomic E-state index is 13.5. The van der Waals surface area contributed by atoms with Crippen LogP contribution >= 0.6 is 0 Å². The zero-order chi connectivity index (χ0) is 18.7. The quantitative estimate of drug-likeness (QED) is 0.469. The molecule has 142 valence electrons. The fourth-order valence-corrected chi connectivity index (χ4v) is 4.84. The Morgan fingerprint density at radius 3 is 2.64 bits per heavy atom. The number of hydrogen-bond donors (Lipinski definition) is 2. The van der Waals surface area contributed by atoms with Crippen LogP contribution in [0.2, 0.25) is 18.1 Å². The van der Waals surface area contributed by atoms with Crippen LogP contribution in [0.1, 0.15) is 58.4 Å². The molecule has 2 rings (SSSR count). The van der Waals surface area contributed by atoms with E-state index in [2.05, 4.69) is 39.3 Å². The van der Waals surface area contributed by atoms with Crippen molar-refractivity contribution >= 4 is 14.0 Å². The Bertz CT molecular complexity index is 571. The zero-order valence-electron chi connectivity index (χ0n) is 16.4. The normalized spacial score (nSPS) is 22.0. The van der Waals surface area contributed by atoms with Crippen LogP contribution in [0.3, 0.4) is 0 Å². The summed E-state index contributed by atoms with van der Waals surface area (Å²) in [6.07, 6.45) is 6.83. The van der Waals surface area contributed by atoms with Gasteiger partial charge >= 0.3 is 0 Å². The second-order valence-electron chi connectivity index (χ2n) is 8.98. The van der Waals surface area contributed by atoms with E-state index in [-0.39, 0.29) is 10.9 Å². The molecular weight excluding hydrogens is 333 g/mol. The fourth-order valence-electron chi connectivity index (χ4n) is 3.44. The van der Waals surface area contributed by atoms with E-state index < -0.39 is 8.32 Å². The lowest BCUT2D eigenvalue weighted by Gasteiger charge is -2.41. The summed E-state index contributed by atoms with van der Waals surface area (Å²) in [7, 11) is -1.72. The number of anilines is 1. The molecule has 1 aromatic carbocycles. The van der Waals surface area contributed by atoms with Gasteiger partial charge in [0.25, 0.3) is 0 Å². The summed E-state index contributed by atoms with van der Waals surface area (Å²) in [5, 5.41) is 9.44. The zero-order valence-corrected chi connectivity index (χ0v) is 17.4. The van der Waals surface area contributed by atoms with Crippen LogP contribution in [0, 0.1) is 11.7 Å². The first kappa shape index (κ1) is 20.4. The van der Waals surface area contributed by atoms with E-state index in [1.54, 1.807) is 6.07 Å². The van der Waals surface area contributed by atoms with Crippen molar-refractivity contribution in [1.82, 2.24) is 0 Å². The highest BCUT2D eigenvalue weighted by Crippen LogP contribution is 2.40. The van der Waals surface area contributed by atoms with Gasteiger partial charge in [-0.1, -0.05) is 33.6 Å². The van der Waals surface area contributed by atoms with Crippen molar-refractivity contribution in [3.05, 3.63) is 29.6 Å². The molecule has 1 saturated carbocycles. The van der Waals surface area contributed by atoms with Gasteiger partial charge in [0.05, 0.1) is 5.69 Å². The van der Waals surface area contributed by atoms with Gasteiger partial charge in [0.1, 0.15) is 5.82 Å². The molecule has 1 aromatic rings. The molecule has 0 aliphatic heterocycles. The van der Waals surface area contributed by atoms with E-state index in [9.17, 15) is 9.60 Å². The third-order valence-corrected chi connectivity index (χ3v) is 10.5. The molecule has 1 unspecified atom stereocenters. The highest BCUT2D eigenvalue weighted by Gasteiger charge is 2.40. The number of benzene rings is 1. The molecule has 2 atom stereocenters. The third kappa shape index (κ3) is 5.53. The van der Waals surface area contributed by atoms with E-state index in [0.717, 1.165) is 31.2 Å². The summed E-state index contributed by atoms with van der Waals surface area (Å²) in [5.74, 6) is 0.357. The van der Waals surface area contributed by atoms with Crippen molar-refractivity contribution in [2.45, 2.75) is 83.5 Å². The van der Waals surface area contributed by atoms with Crippen molar-refractivity contribution < 1.29 is 14.0 Å². The van der Waals surface area contributed by atoms with Gasteiger partial charge in [-0.3, -0.25) is 10.7 Å². The van der Waals surface area contributed by atoms with Gasteiger partial charge in [0.2, 0.25) is 0 Å². The van der Waals surface area contributed by atoms with E-state index in [0.29, 0.717) is 17.7 Å². The lowest BCUT2D eigenvalue weighted by atomic mass is 9.83. The first-order valence-electron chi connectivity index (χ1n) is 9.49. The van der Waals surface area contributed by atoms with E-state index >= 15 is 0 Å². The average molecular weight is 368 g/mol. The molecule has 1 fully saturated rings. The highest BCUT2D eigenvalue weighted by molar-refractivity contribution is 6.74. The number of halogens is 1. The van der Waals surface area contributed by atoms with Crippen LogP contribution < -0.4 is 5.48 Å². The van der Waals surface area contributed by atoms with Crippen molar-refractivity contribution in [3.63, 3.8) is 0 Å². The molecule has 0 aromatic heterocycles. The standard InChI is InChI=1S/C20H34FNO2Si/c1-20(2,3)25(4,5)24-18-8-6-7-15(13-18)9-10-16-14-17(21)11-12-19(16)22-23/h11-12,14-15,18,22-23H,6-10,13H2,1-5H3/t15?,18-/m1/s1. The van der Waals surface area contributed by atoms with Gasteiger partial charge in [-0.15, -0.1) is 0 Å². The molecule has 0 amide bonds. The van der Waals surface area contributed by atoms with E-state index in [1.165, 1.54) is 25.0 Å². The summed E-state index contributed by atoms with van der Waals surface area (Å²) >= 11 is 0. The number of hydrogen-bond acceptors (Lipinski definition) is 3. The molecule has 5 heteroatoms. The van der Waals surface area contributed by atoms with Gasteiger partial charge in [0, 0.05) is 6.10 Å². The second-order valence-corrected chi connectivity index (χ2v) is 13.7. The van der Waals surface area contributed by atoms with Crippen molar-refractivity contribution in [1.29, 1.82) is 0 Å². The Kier molecular flexibility index (Phi) is 6.68. The number of rotatable bonds is 6. The molecule has 0 bridgehead atoms. The van der Waals surface area contributed by atoms with E-state index in [1.807, 2.05) is 0 Å². The van der Waals surface area contributed by atoms with Crippen molar-refractivity contribution in [3.8, 4) is 0 Å². The predicted molar refractivity (Wildman–Crippen MR) is 104 cm³/mol. The first-order valence-corrected chi connectivity index (χ1v) is 12.4. The molecule has 0 radical (unpaired) electrons. The van der Waals surface area contributed by atoms with Gasteiger partial charge in [-0.2, -0.15) is 0 Å². The molecule has 25 heavy (non-hydrogen) atoms. The Labute approximate surface area is 153 Å². The number of aryl methyl sites for hydroxylation is 1. The minimum absolute atomic E-state index is 0.239. The molecule has 3 nitrogen and oxygen atoms in total. The van der Waals surface area contributed by atoms with Gasteiger partial charge in [-0.25, -0.2) is 4.39 Å². The summed E-state index contributed by atoms with van der Waals surface area (Å²) in [5.41, 5.74) is 3.63. The van der Waals surface area contributed by atoms with Crippen LogP contribution in [-0.2, 0) is 10.8 Å². The van der Waals surface area contributed by atoms with Crippen LogP contribution in [0.15, 0.2) is 18.2 Å². The molecular formula is C20H34FNO2Si. The molecule has 2 N–H and O–H groups in total. The van der Waals surface area contributed by atoms with Crippen molar-refractivity contribution in [2.75, 3.05) is 5.48 Å². The largest absolute Gasteiger partial charge is 0.414 e. The van der Waals surface area contributed by atoms with Crippen LogP contribution in [0.5, 0.6) is 0 Å². The van der Waals surface area contributed by atoms with Crippen LogP contribution in [0.4, 0.5) is 10.1 Å². The molecule has 1 aliphatic carbocycles. The Morgan fingerprint density at radius 2 is 2.00 bits per heavy atom. The predicted octanol–water partition coefficient (Wildman–Crippen LogP) is 6.14. The highest BCUT2D eigenvalue weighted by atomic mass is 28.4. The van der Waals surface area contributed by atoms with Crippen LogP contribution in [0.25, 0.3) is 0 Å². The Morgan fingerprint density at radius 1 is 1.28 bits per heavy atom. The molecule has 0 spiro atoms. The SMILES string of the molecule is CC(C)(C)[Si](C)(C)O[C@@H]1CCCC(CCc2cc(F)ccc2NO)C1. The first-order chi connectivity index (χ1) is 11.6. The minimum atomic E-state index is -1.72. The minimum Gasteiger partial charge on any atom is -0.414 e. The van der Waals surface area contributed by atoms with E-state index in [4.69, 9.17) is 4.43 Å². The third-order valence-electron chi connectivity index (χ3n) is 6.01. The molecule has 0 saturated heterocycles.